The number of hydrogen-bond acceptors (Lipinski definition) is 3. The van der Waals surface area contributed by atoms with Gasteiger partial charge >= 0.3 is 5.97 Å². The molecule has 0 spiro atoms. The van der Waals surface area contributed by atoms with Crippen molar-refractivity contribution < 1.29 is 14.3 Å². The molecule has 0 bridgehead atoms. The highest BCUT2D eigenvalue weighted by atomic mass is 16.5. The maximum Gasteiger partial charge on any atom is 0.311 e. The van der Waals surface area contributed by atoms with E-state index in [4.69, 9.17) is 9.47 Å². The molecular weight excluding hydrogens is 276 g/mol. The molecule has 0 saturated heterocycles. The van der Waals surface area contributed by atoms with E-state index in [1.54, 1.807) is 7.11 Å². The van der Waals surface area contributed by atoms with Gasteiger partial charge in [-0.15, -0.1) is 0 Å². The van der Waals surface area contributed by atoms with Gasteiger partial charge in [-0.25, -0.2) is 0 Å². The van der Waals surface area contributed by atoms with Crippen molar-refractivity contribution in [2.24, 2.45) is 5.41 Å². The van der Waals surface area contributed by atoms with Gasteiger partial charge in [0.25, 0.3) is 0 Å². The molecule has 2 aromatic carbocycles. The fourth-order valence-corrected chi connectivity index (χ4v) is 3.16. The monoisotopic (exact) mass is 300 g/mol. The van der Waals surface area contributed by atoms with Crippen LogP contribution < -0.4 is 4.74 Å². The van der Waals surface area contributed by atoms with Gasteiger partial charge in [0.15, 0.2) is 0 Å². The van der Waals surface area contributed by atoms with Crippen LogP contribution in [0.15, 0.2) is 36.4 Å². The predicted octanol–water partition coefficient (Wildman–Crippen LogP) is 4.54. The normalized spacial score (nSPS) is 13.0. The zero-order valence-corrected chi connectivity index (χ0v) is 14.0. The average Bonchev–Trinajstić information content (AvgIpc) is 2.53. The van der Waals surface area contributed by atoms with Gasteiger partial charge in [-0.05, 0) is 54.7 Å². The Morgan fingerprint density at radius 3 is 2.36 bits per heavy atom. The molecule has 0 fully saturated rings. The second-order valence-corrected chi connectivity index (χ2v) is 6.15. The summed E-state index contributed by atoms with van der Waals surface area (Å²) in [5.41, 5.74) is 0.592. The number of benzene rings is 2. The summed E-state index contributed by atoms with van der Waals surface area (Å²) in [6.45, 7) is 6.00. The summed E-state index contributed by atoms with van der Waals surface area (Å²) in [5, 5.41) is 2.28. The van der Waals surface area contributed by atoms with E-state index in [2.05, 4.69) is 25.1 Å². The number of esters is 1. The third-order valence-electron chi connectivity index (χ3n) is 4.46. The van der Waals surface area contributed by atoms with Crippen molar-refractivity contribution in [3.63, 3.8) is 0 Å². The summed E-state index contributed by atoms with van der Waals surface area (Å²) in [4.78, 5) is 12.1. The van der Waals surface area contributed by atoms with Crippen molar-refractivity contribution in [3.8, 4) is 5.75 Å². The number of carbonyl (C=O) groups excluding carboxylic acids is 1. The Kier molecular flexibility index (Phi) is 4.74. The molecule has 0 aromatic heterocycles. The minimum atomic E-state index is -0.559. The molecule has 1 atom stereocenters. The molecule has 0 heterocycles. The number of rotatable bonds is 5. The Morgan fingerprint density at radius 1 is 1.09 bits per heavy atom. The number of carbonyl (C=O) groups is 1. The van der Waals surface area contributed by atoms with Crippen LogP contribution in [0.3, 0.4) is 0 Å². The highest BCUT2D eigenvalue weighted by molar-refractivity contribution is 5.85. The highest BCUT2D eigenvalue weighted by Gasteiger charge is 2.37. The lowest BCUT2D eigenvalue weighted by Gasteiger charge is -2.31. The Hall–Kier alpha value is -2.03. The van der Waals surface area contributed by atoms with Crippen molar-refractivity contribution in [2.45, 2.75) is 33.1 Å². The van der Waals surface area contributed by atoms with Crippen LogP contribution in [0.5, 0.6) is 5.75 Å². The smallest absolute Gasteiger partial charge is 0.311 e. The van der Waals surface area contributed by atoms with Crippen molar-refractivity contribution >= 4 is 16.7 Å². The summed E-state index contributed by atoms with van der Waals surface area (Å²) in [7, 11) is 3.11. The lowest BCUT2D eigenvalue weighted by molar-refractivity contribution is -0.152. The third-order valence-corrected chi connectivity index (χ3v) is 4.46. The molecule has 3 nitrogen and oxygen atoms in total. The minimum absolute atomic E-state index is 0.107. The molecule has 22 heavy (non-hydrogen) atoms. The Balaban J connectivity index is 2.49. The first-order chi connectivity index (χ1) is 10.4. The van der Waals surface area contributed by atoms with Crippen molar-refractivity contribution in [1.82, 2.24) is 0 Å². The quantitative estimate of drug-likeness (QED) is 0.760. The van der Waals surface area contributed by atoms with E-state index in [1.165, 1.54) is 7.11 Å². The largest absolute Gasteiger partial charge is 0.497 e. The molecule has 0 aliphatic carbocycles. The van der Waals surface area contributed by atoms with E-state index in [9.17, 15) is 4.79 Å². The molecule has 118 valence electrons. The summed E-state index contributed by atoms with van der Waals surface area (Å²) >= 11 is 0. The summed E-state index contributed by atoms with van der Waals surface area (Å²) < 4.78 is 10.3. The van der Waals surface area contributed by atoms with Gasteiger partial charge in [-0.1, -0.05) is 31.2 Å². The fraction of sp³-hybridized carbons (Fsp3) is 0.421. The first-order valence-electron chi connectivity index (χ1n) is 7.60. The molecular formula is C19H24O3. The maximum absolute atomic E-state index is 12.1. The van der Waals surface area contributed by atoms with Gasteiger partial charge in [0, 0.05) is 0 Å². The van der Waals surface area contributed by atoms with Crippen molar-refractivity contribution in [3.05, 3.63) is 42.0 Å². The molecule has 0 aliphatic rings. The Morgan fingerprint density at radius 2 is 1.77 bits per heavy atom. The van der Waals surface area contributed by atoms with Crippen LogP contribution in [0.4, 0.5) is 0 Å². The maximum atomic E-state index is 12.1. The van der Waals surface area contributed by atoms with Gasteiger partial charge < -0.3 is 9.47 Å². The topological polar surface area (TPSA) is 35.5 Å². The summed E-state index contributed by atoms with van der Waals surface area (Å²) in [6, 6.07) is 12.4. The average molecular weight is 300 g/mol. The van der Waals surface area contributed by atoms with E-state index in [1.807, 2.05) is 32.0 Å². The zero-order valence-electron chi connectivity index (χ0n) is 14.0. The number of methoxy groups -OCH3 is 2. The molecule has 0 saturated carbocycles. The molecule has 2 aromatic rings. The summed E-state index contributed by atoms with van der Waals surface area (Å²) in [5.74, 6) is 0.769. The van der Waals surface area contributed by atoms with Crippen LogP contribution >= 0.6 is 0 Å². The fourth-order valence-electron chi connectivity index (χ4n) is 3.16. The van der Waals surface area contributed by atoms with Gasteiger partial charge in [0.05, 0.1) is 19.6 Å². The van der Waals surface area contributed by atoms with E-state index in [-0.39, 0.29) is 11.9 Å². The van der Waals surface area contributed by atoms with Gasteiger partial charge in [0.1, 0.15) is 5.75 Å². The van der Waals surface area contributed by atoms with Gasteiger partial charge in [-0.2, -0.15) is 0 Å². The lowest BCUT2D eigenvalue weighted by Crippen LogP contribution is -2.32. The molecule has 2 rings (SSSR count). The number of fused-ring (bicyclic) bond motifs is 1. The van der Waals surface area contributed by atoms with Crippen LogP contribution in [-0.4, -0.2) is 20.2 Å². The second-order valence-electron chi connectivity index (χ2n) is 6.15. The SMILES string of the molecule is CCC(c1ccc2ccc(OC)cc2c1)C(C)(C)C(=O)OC. The molecule has 3 heteroatoms. The van der Waals surface area contributed by atoms with E-state index in [0.29, 0.717) is 0 Å². The van der Waals surface area contributed by atoms with Crippen LogP contribution in [0.25, 0.3) is 10.8 Å². The molecule has 0 radical (unpaired) electrons. The van der Waals surface area contributed by atoms with Crippen LogP contribution in [0.1, 0.15) is 38.7 Å². The molecule has 0 N–H and O–H groups in total. The van der Waals surface area contributed by atoms with Gasteiger partial charge in [-0.3, -0.25) is 4.79 Å². The van der Waals surface area contributed by atoms with E-state index >= 15 is 0 Å². The van der Waals surface area contributed by atoms with E-state index in [0.717, 1.165) is 28.5 Å². The first-order valence-corrected chi connectivity index (χ1v) is 7.60. The van der Waals surface area contributed by atoms with Crippen LogP contribution in [0, 0.1) is 5.41 Å². The Labute approximate surface area is 132 Å². The zero-order chi connectivity index (χ0) is 16.3. The second kappa shape index (κ2) is 6.39. The predicted molar refractivity (Wildman–Crippen MR) is 89.3 cm³/mol. The van der Waals surface area contributed by atoms with Crippen molar-refractivity contribution in [1.29, 1.82) is 0 Å². The standard InChI is InChI=1S/C19H24O3/c1-6-17(19(2,3)18(20)22-5)14-8-7-13-9-10-16(21-4)12-15(13)11-14/h7-12,17H,6H2,1-5H3. The summed E-state index contributed by atoms with van der Waals surface area (Å²) in [6.07, 6.45) is 0.873. The Bertz CT molecular complexity index is 673. The van der Waals surface area contributed by atoms with Crippen molar-refractivity contribution in [2.75, 3.05) is 14.2 Å². The van der Waals surface area contributed by atoms with Crippen LogP contribution in [0.2, 0.25) is 0 Å². The third kappa shape index (κ3) is 2.94. The number of ether oxygens (including phenoxy) is 2. The lowest BCUT2D eigenvalue weighted by atomic mass is 9.73. The first kappa shape index (κ1) is 16.3. The van der Waals surface area contributed by atoms with E-state index < -0.39 is 5.41 Å². The molecule has 0 amide bonds. The highest BCUT2D eigenvalue weighted by Crippen LogP contribution is 2.40. The van der Waals surface area contributed by atoms with Gasteiger partial charge in [0.2, 0.25) is 0 Å². The number of hydrogen-bond donors (Lipinski definition) is 0. The molecule has 0 aliphatic heterocycles. The molecule has 1 unspecified atom stereocenters. The minimum Gasteiger partial charge on any atom is -0.497 e. The van der Waals surface area contributed by atoms with Crippen LogP contribution in [-0.2, 0) is 9.53 Å².